The normalized spacial score (nSPS) is 11.3. The number of alkyl halides is 1. The molecule has 4 heteroatoms. The van der Waals surface area contributed by atoms with E-state index in [9.17, 15) is 4.79 Å². The number of benzene rings is 1. The van der Waals surface area contributed by atoms with Crippen LogP contribution in [0.3, 0.4) is 0 Å². The van der Waals surface area contributed by atoms with E-state index >= 15 is 0 Å². The van der Waals surface area contributed by atoms with Gasteiger partial charge < -0.3 is 4.90 Å². The van der Waals surface area contributed by atoms with Crippen molar-refractivity contribution in [1.29, 1.82) is 0 Å². The van der Waals surface area contributed by atoms with Gasteiger partial charge in [-0.1, -0.05) is 22.0 Å². The monoisotopic (exact) mass is 395 g/mol. The molecule has 1 amide bonds. The van der Waals surface area contributed by atoms with Gasteiger partial charge in [0.15, 0.2) is 0 Å². The highest BCUT2D eigenvalue weighted by molar-refractivity contribution is 14.1. The second-order valence-corrected chi connectivity index (χ2v) is 6.13. The Labute approximate surface area is 119 Å². The standard InChI is InChI=1S/C12H15BrINO/c1-12(2,8-13)15(3)11(16)9-5-4-6-10(14)7-9/h4-7H,8H2,1-3H3. The fourth-order valence-electron chi connectivity index (χ4n) is 1.18. The van der Waals surface area contributed by atoms with Gasteiger partial charge in [-0.3, -0.25) is 4.79 Å². The first kappa shape index (κ1) is 14.0. The molecule has 0 aliphatic rings. The lowest BCUT2D eigenvalue weighted by atomic mass is 10.1. The first-order valence-electron chi connectivity index (χ1n) is 4.98. The third-order valence-electron chi connectivity index (χ3n) is 2.61. The molecule has 0 spiro atoms. The highest BCUT2D eigenvalue weighted by Crippen LogP contribution is 2.19. The Bertz CT molecular complexity index is 392. The Morgan fingerprint density at radius 3 is 2.62 bits per heavy atom. The minimum atomic E-state index is -0.182. The molecule has 0 atom stereocenters. The van der Waals surface area contributed by atoms with Gasteiger partial charge >= 0.3 is 0 Å². The average Bonchev–Trinajstić information content (AvgIpc) is 2.27. The van der Waals surface area contributed by atoms with Crippen LogP contribution >= 0.6 is 38.5 Å². The lowest BCUT2D eigenvalue weighted by Gasteiger charge is -2.34. The maximum absolute atomic E-state index is 12.2. The average molecular weight is 396 g/mol. The molecular weight excluding hydrogens is 381 g/mol. The summed E-state index contributed by atoms with van der Waals surface area (Å²) in [4.78, 5) is 14.0. The maximum atomic E-state index is 12.2. The number of hydrogen-bond acceptors (Lipinski definition) is 1. The summed E-state index contributed by atoms with van der Waals surface area (Å²) >= 11 is 5.64. The molecule has 0 aromatic heterocycles. The molecule has 0 radical (unpaired) electrons. The van der Waals surface area contributed by atoms with Gasteiger partial charge in [-0.25, -0.2) is 0 Å². The Morgan fingerprint density at radius 2 is 2.12 bits per heavy atom. The van der Waals surface area contributed by atoms with E-state index < -0.39 is 0 Å². The third-order valence-corrected chi connectivity index (χ3v) is 4.65. The van der Waals surface area contributed by atoms with Crippen molar-refractivity contribution >= 4 is 44.4 Å². The molecule has 1 rings (SSSR count). The third kappa shape index (κ3) is 3.20. The summed E-state index contributed by atoms with van der Waals surface area (Å²) in [5.41, 5.74) is 0.557. The van der Waals surface area contributed by atoms with Gasteiger partial charge in [-0.05, 0) is 54.6 Å². The molecule has 1 aromatic carbocycles. The number of hydrogen-bond donors (Lipinski definition) is 0. The van der Waals surface area contributed by atoms with Gasteiger partial charge in [0.1, 0.15) is 0 Å². The van der Waals surface area contributed by atoms with Crippen LogP contribution in [0.2, 0.25) is 0 Å². The highest BCUT2D eigenvalue weighted by Gasteiger charge is 2.27. The largest absolute Gasteiger partial charge is 0.336 e. The molecule has 0 saturated heterocycles. The van der Waals surface area contributed by atoms with Crippen molar-refractivity contribution in [2.24, 2.45) is 0 Å². The van der Waals surface area contributed by atoms with Crippen LogP contribution in [-0.2, 0) is 0 Å². The van der Waals surface area contributed by atoms with Crippen molar-refractivity contribution in [2.75, 3.05) is 12.4 Å². The van der Waals surface area contributed by atoms with Gasteiger partial charge in [-0.15, -0.1) is 0 Å². The van der Waals surface area contributed by atoms with Crippen LogP contribution in [0.15, 0.2) is 24.3 Å². The number of amides is 1. The second-order valence-electron chi connectivity index (χ2n) is 4.32. The highest BCUT2D eigenvalue weighted by atomic mass is 127. The van der Waals surface area contributed by atoms with Crippen molar-refractivity contribution in [3.8, 4) is 0 Å². The minimum absolute atomic E-state index is 0.0583. The van der Waals surface area contributed by atoms with Gasteiger partial charge in [0, 0.05) is 27.1 Å². The van der Waals surface area contributed by atoms with Gasteiger partial charge in [0.2, 0.25) is 0 Å². The summed E-state index contributed by atoms with van der Waals surface area (Å²) in [5, 5.41) is 0.756. The Balaban J connectivity index is 2.95. The molecule has 0 heterocycles. The number of carbonyl (C=O) groups excluding carboxylic acids is 1. The topological polar surface area (TPSA) is 20.3 Å². The molecule has 0 saturated carbocycles. The number of nitrogens with zero attached hydrogens (tertiary/aromatic N) is 1. The van der Waals surface area contributed by atoms with Crippen LogP contribution in [0, 0.1) is 3.57 Å². The zero-order chi connectivity index (χ0) is 12.3. The number of carbonyl (C=O) groups is 1. The number of rotatable bonds is 3. The molecule has 0 N–H and O–H groups in total. The van der Waals surface area contributed by atoms with Gasteiger partial charge in [0.25, 0.3) is 5.91 Å². The molecule has 0 fully saturated rings. The first-order valence-corrected chi connectivity index (χ1v) is 7.18. The fraction of sp³-hybridized carbons (Fsp3) is 0.417. The SMILES string of the molecule is CN(C(=O)c1cccc(I)c1)C(C)(C)CBr. The lowest BCUT2D eigenvalue weighted by molar-refractivity contribution is 0.0663. The van der Waals surface area contributed by atoms with E-state index in [1.165, 1.54) is 0 Å². The van der Waals surface area contributed by atoms with Crippen LogP contribution in [0.5, 0.6) is 0 Å². The molecule has 0 unspecified atom stereocenters. The van der Waals surface area contributed by atoms with Crippen LogP contribution in [0.1, 0.15) is 24.2 Å². The summed E-state index contributed by atoms with van der Waals surface area (Å²) in [6.07, 6.45) is 0. The van der Waals surface area contributed by atoms with Crippen molar-refractivity contribution < 1.29 is 4.79 Å². The first-order chi connectivity index (χ1) is 7.38. The van der Waals surface area contributed by atoms with E-state index in [2.05, 4.69) is 38.5 Å². The molecule has 0 bridgehead atoms. The van der Waals surface area contributed by atoms with Crippen molar-refractivity contribution in [2.45, 2.75) is 19.4 Å². The second kappa shape index (κ2) is 5.49. The molecule has 88 valence electrons. The zero-order valence-electron chi connectivity index (χ0n) is 9.63. The summed E-state index contributed by atoms with van der Waals surface area (Å²) < 4.78 is 1.08. The van der Waals surface area contributed by atoms with Crippen molar-refractivity contribution in [3.63, 3.8) is 0 Å². The van der Waals surface area contributed by atoms with Crippen LogP contribution < -0.4 is 0 Å². The summed E-state index contributed by atoms with van der Waals surface area (Å²) in [6.45, 7) is 4.07. The van der Waals surface area contributed by atoms with E-state index in [4.69, 9.17) is 0 Å². The Hall–Kier alpha value is -0.100. The Morgan fingerprint density at radius 1 is 1.50 bits per heavy atom. The van der Waals surface area contributed by atoms with E-state index in [1.54, 1.807) is 4.90 Å². The maximum Gasteiger partial charge on any atom is 0.254 e. The Kier molecular flexibility index (Phi) is 4.79. The lowest BCUT2D eigenvalue weighted by Crippen LogP contribution is -2.46. The quantitative estimate of drug-likeness (QED) is 0.566. The zero-order valence-corrected chi connectivity index (χ0v) is 13.4. The van der Waals surface area contributed by atoms with Gasteiger partial charge in [0.05, 0.1) is 0 Å². The van der Waals surface area contributed by atoms with Crippen LogP contribution in [0.4, 0.5) is 0 Å². The van der Waals surface area contributed by atoms with Gasteiger partial charge in [-0.2, -0.15) is 0 Å². The summed E-state index contributed by atoms with van der Waals surface area (Å²) in [7, 11) is 1.84. The van der Waals surface area contributed by atoms with E-state index in [0.29, 0.717) is 0 Å². The smallest absolute Gasteiger partial charge is 0.254 e. The molecule has 1 aromatic rings. The van der Waals surface area contributed by atoms with E-state index in [0.717, 1.165) is 14.5 Å². The predicted octanol–water partition coefficient (Wildman–Crippen LogP) is 3.54. The van der Waals surface area contributed by atoms with E-state index in [1.807, 2.05) is 45.2 Å². The van der Waals surface area contributed by atoms with Crippen LogP contribution in [-0.4, -0.2) is 28.7 Å². The predicted molar refractivity (Wildman–Crippen MR) is 79.1 cm³/mol. The molecular formula is C12H15BrINO. The number of halogens is 2. The van der Waals surface area contributed by atoms with E-state index in [-0.39, 0.29) is 11.4 Å². The molecule has 0 aliphatic heterocycles. The summed E-state index contributed by atoms with van der Waals surface area (Å²) in [6, 6.07) is 7.64. The molecule has 2 nitrogen and oxygen atoms in total. The van der Waals surface area contributed by atoms with Crippen LogP contribution in [0.25, 0.3) is 0 Å². The van der Waals surface area contributed by atoms with Crippen molar-refractivity contribution in [1.82, 2.24) is 4.90 Å². The minimum Gasteiger partial charge on any atom is -0.336 e. The van der Waals surface area contributed by atoms with Crippen molar-refractivity contribution in [3.05, 3.63) is 33.4 Å². The molecule has 0 aliphatic carbocycles. The fourth-order valence-corrected chi connectivity index (χ4v) is 2.10. The summed E-state index contributed by atoms with van der Waals surface area (Å²) in [5.74, 6) is 0.0583. The molecule has 16 heavy (non-hydrogen) atoms.